The highest BCUT2D eigenvalue weighted by molar-refractivity contribution is 5.32. The van der Waals surface area contributed by atoms with Gasteiger partial charge in [0.25, 0.3) is 0 Å². The van der Waals surface area contributed by atoms with E-state index in [-0.39, 0.29) is 5.75 Å². The van der Waals surface area contributed by atoms with Crippen molar-refractivity contribution in [2.45, 2.75) is 32.3 Å². The van der Waals surface area contributed by atoms with E-state index >= 15 is 0 Å². The molecule has 1 N–H and O–H groups in total. The molecular formula is C12H17FO2. The zero-order chi connectivity index (χ0) is 11.5. The van der Waals surface area contributed by atoms with Crippen LogP contribution in [0.2, 0.25) is 0 Å². The zero-order valence-corrected chi connectivity index (χ0v) is 9.38. The smallest absolute Gasteiger partial charge is 0.165 e. The Morgan fingerprint density at radius 1 is 1.33 bits per heavy atom. The van der Waals surface area contributed by atoms with Gasteiger partial charge in [-0.15, -0.1) is 0 Å². The normalized spacial score (nSPS) is 11.5. The van der Waals surface area contributed by atoms with Crippen molar-refractivity contribution in [3.05, 3.63) is 29.6 Å². The van der Waals surface area contributed by atoms with Crippen LogP contribution in [0.5, 0.6) is 5.75 Å². The number of hydrogen-bond acceptors (Lipinski definition) is 2. The highest BCUT2D eigenvalue weighted by Crippen LogP contribution is 2.31. The van der Waals surface area contributed by atoms with Gasteiger partial charge in [-0.25, -0.2) is 4.39 Å². The predicted molar refractivity (Wildman–Crippen MR) is 57.4 cm³/mol. The molecule has 84 valence electrons. The molecular weight excluding hydrogens is 195 g/mol. The van der Waals surface area contributed by atoms with E-state index in [0.717, 1.165) is 0 Å². The summed E-state index contributed by atoms with van der Waals surface area (Å²) in [7, 11) is 1.42. The van der Waals surface area contributed by atoms with Crippen molar-refractivity contribution in [3.63, 3.8) is 0 Å². The Bertz CT molecular complexity index is 332. The van der Waals surface area contributed by atoms with Gasteiger partial charge in [0.1, 0.15) is 0 Å². The summed E-state index contributed by atoms with van der Waals surface area (Å²) in [4.78, 5) is 0. The highest BCUT2D eigenvalue weighted by Gasteiger charge is 2.25. The molecule has 1 aromatic carbocycles. The fourth-order valence-electron chi connectivity index (χ4n) is 1.61. The molecule has 0 saturated heterocycles. The van der Waals surface area contributed by atoms with Gasteiger partial charge in [0.15, 0.2) is 11.6 Å². The number of halogens is 1. The van der Waals surface area contributed by atoms with Gasteiger partial charge in [-0.2, -0.15) is 0 Å². The maximum Gasteiger partial charge on any atom is 0.165 e. The molecule has 1 aromatic rings. The van der Waals surface area contributed by atoms with E-state index in [1.54, 1.807) is 12.1 Å². The van der Waals surface area contributed by atoms with Gasteiger partial charge in [-0.05, 0) is 30.5 Å². The molecule has 0 bridgehead atoms. The second-order valence-corrected chi connectivity index (χ2v) is 3.59. The number of aliphatic hydroxyl groups is 1. The Morgan fingerprint density at radius 3 is 2.33 bits per heavy atom. The molecule has 3 heteroatoms. The van der Waals surface area contributed by atoms with Crippen molar-refractivity contribution in [2.75, 3.05) is 7.11 Å². The molecule has 0 spiro atoms. The van der Waals surface area contributed by atoms with Crippen molar-refractivity contribution in [3.8, 4) is 5.75 Å². The minimum atomic E-state index is -0.937. The van der Waals surface area contributed by atoms with E-state index in [4.69, 9.17) is 4.74 Å². The van der Waals surface area contributed by atoms with Crippen LogP contribution in [0.4, 0.5) is 4.39 Å². The summed E-state index contributed by atoms with van der Waals surface area (Å²) in [5.74, 6) is -0.233. The third-order valence-electron chi connectivity index (χ3n) is 2.86. The van der Waals surface area contributed by atoms with Crippen LogP contribution in [0.1, 0.15) is 32.3 Å². The maximum absolute atomic E-state index is 13.4. The van der Waals surface area contributed by atoms with Crippen LogP contribution >= 0.6 is 0 Å². The summed E-state index contributed by atoms with van der Waals surface area (Å²) in [5.41, 5.74) is -0.335. The van der Waals surface area contributed by atoms with Crippen LogP contribution in [0.15, 0.2) is 18.2 Å². The van der Waals surface area contributed by atoms with Crippen LogP contribution in [0.25, 0.3) is 0 Å². The first-order chi connectivity index (χ1) is 7.07. The number of ether oxygens (including phenoxy) is 1. The van der Waals surface area contributed by atoms with E-state index in [0.29, 0.717) is 18.4 Å². The third kappa shape index (κ3) is 2.29. The van der Waals surface area contributed by atoms with Crippen LogP contribution in [-0.2, 0) is 5.60 Å². The lowest BCUT2D eigenvalue weighted by Crippen LogP contribution is -2.23. The first kappa shape index (κ1) is 12.0. The molecule has 0 amide bonds. The Balaban J connectivity index is 3.11. The molecule has 0 saturated carbocycles. The molecule has 0 heterocycles. The molecule has 0 fully saturated rings. The predicted octanol–water partition coefficient (Wildman–Crippen LogP) is 2.84. The van der Waals surface area contributed by atoms with Gasteiger partial charge < -0.3 is 9.84 Å². The third-order valence-corrected chi connectivity index (χ3v) is 2.86. The van der Waals surface area contributed by atoms with Crippen molar-refractivity contribution in [2.24, 2.45) is 0 Å². The molecule has 15 heavy (non-hydrogen) atoms. The van der Waals surface area contributed by atoms with E-state index in [2.05, 4.69) is 0 Å². The summed E-state index contributed by atoms with van der Waals surface area (Å²) < 4.78 is 18.2. The van der Waals surface area contributed by atoms with Gasteiger partial charge in [0.2, 0.25) is 0 Å². The Labute approximate surface area is 89.7 Å². The molecule has 0 atom stereocenters. The van der Waals surface area contributed by atoms with Gasteiger partial charge in [0.05, 0.1) is 12.7 Å². The molecule has 0 aliphatic carbocycles. The fourth-order valence-corrected chi connectivity index (χ4v) is 1.61. The lowest BCUT2D eigenvalue weighted by Gasteiger charge is -2.25. The summed E-state index contributed by atoms with van der Waals surface area (Å²) >= 11 is 0. The van der Waals surface area contributed by atoms with Crippen LogP contribution in [0.3, 0.4) is 0 Å². The minimum absolute atomic E-state index is 0.202. The van der Waals surface area contributed by atoms with E-state index < -0.39 is 11.4 Å². The zero-order valence-electron chi connectivity index (χ0n) is 9.38. The van der Waals surface area contributed by atoms with Crippen molar-refractivity contribution >= 4 is 0 Å². The average molecular weight is 212 g/mol. The minimum Gasteiger partial charge on any atom is -0.494 e. The van der Waals surface area contributed by atoms with Crippen LogP contribution in [-0.4, -0.2) is 12.2 Å². The molecule has 0 aliphatic rings. The maximum atomic E-state index is 13.4. The Kier molecular flexibility index (Phi) is 3.69. The number of benzene rings is 1. The average Bonchev–Trinajstić information content (AvgIpc) is 2.28. The molecule has 1 rings (SSSR count). The van der Waals surface area contributed by atoms with Gasteiger partial charge >= 0.3 is 0 Å². The Hall–Kier alpha value is -1.09. The molecule has 0 aliphatic heterocycles. The first-order valence-electron chi connectivity index (χ1n) is 5.13. The van der Waals surface area contributed by atoms with E-state index in [9.17, 15) is 9.50 Å². The van der Waals surface area contributed by atoms with Gasteiger partial charge in [0, 0.05) is 0 Å². The van der Waals surface area contributed by atoms with Gasteiger partial charge in [-0.1, -0.05) is 19.9 Å². The van der Waals surface area contributed by atoms with Gasteiger partial charge in [-0.3, -0.25) is 0 Å². The van der Waals surface area contributed by atoms with Crippen LogP contribution < -0.4 is 4.74 Å². The summed E-state index contributed by atoms with van der Waals surface area (Å²) in [5, 5.41) is 10.2. The lowest BCUT2D eigenvalue weighted by atomic mass is 9.88. The number of methoxy groups -OCH3 is 1. The summed E-state index contributed by atoms with van der Waals surface area (Å²) in [6, 6.07) is 4.59. The van der Waals surface area contributed by atoms with Crippen molar-refractivity contribution in [1.29, 1.82) is 0 Å². The fraction of sp³-hybridized carbons (Fsp3) is 0.500. The second kappa shape index (κ2) is 4.62. The second-order valence-electron chi connectivity index (χ2n) is 3.59. The molecule has 0 unspecified atom stereocenters. The first-order valence-corrected chi connectivity index (χ1v) is 5.13. The summed E-state index contributed by atoms with van der Waals surface area (Å²) in [6.07, 6.45) is 1.13. The van der Waals surface area contributed by atoms with Crippen LogP contribution in [0, 0.1) is 5.82 Å². The SMILES string of the molecule is CCC(O)(CC)c1ccc(OC)c(F)c1. The molecule has 0 aromatic heterocycles. The largest absolute Gasteiger partial charge is 0.494 e. The number of hydrogen-bond donors (Lipinski definition) is 1. The molecule has 0 radical (unpaired) electrons. The van der Waals surface area contributed by atoms with Crippen molar-refractivity contribution < 1.29 is 14.2 Å². The molecule has 2 nitrogen and oxygen atoms in total. The Morgan fingerprint density at radius 2 is 1.93 bits per heavy atom. The summed E-state index contributed by atoms with van der Waals surface area (Å²) in [6.45, 7) is 3.76. The van der Waals surface area contributed by atoms with Crippen molar-refractivity contribution in [1.82, 2.24) is 0 Å². The highest BCUT2D eigenvalue weighted by atomic mass is 19.1. The van der Waals surface area contributed by atoms with E-state index in [1.165, 1.54) is 13.2 Å². The monoisotopic (exact) mass is 212 g/mol. The number of rotatable bonds is 4. The lowest BCUT2D eigenvalue weighted by molar-refractivity contribution is 0.0280. The topological polar surface area (TPSA) is 29.5 Å². The quantitative estimate of drug-likeness (QED) is 0.831. The standard InChI is InChI=1S/C12H17FO2/c1-4-12(14,5-2)9-6-7-11(15-3)10(13)8-9/h6-8,14H,4-5H2,1-3H3. The van der Waals surface area contributed by atoms with E-state index in [1.807, 2.05) is 13.8 Å².